The van der Waals surface area contributed by atoms with Gasteiger partial charge in [0.05, 0.1) is 0 Å². The fourth-order valence-corrected chi connectivity index (χ4v) is 0. The first-order chi connectivity index (χ1) is 6.93. The molecule has 8 N–H and O–H groups in total. The lowest BCUT2D eigenvalue weighted by molar-refractivity contribution is -0.481. The van der Waals surface area contributed by atoms with Crippen molar-refractivity contribution in [1.82, 2.24) is 12.3 Å². The summed E-state index contributed by atoms with van der Waals surface area (Å²) in [4.78, 5) is 0. The van der Waals surface area contributed by atoms with Gasteiger partial charge in [-0.2, -0.15) is 0 Å². The van der Waals surface area contributed by atoms with E-state index >= 15 is 0 Å². The molecule has 0 bridgehead atoms. The second-order valence-electron chi connectivity index (χ2n) is 1.15. The molecule has 0 amide bonds. The molecule has 112 valence electrons. The molecule has 0 aromatic rings. The monoisotopic (exact) mass is 272 g/mol. The maximum atomic E-state index is 8.42. The molecule has 0 rings (SSSR count). The Balaban J connectivity index is -0.0000000257. The van der Waals surface area contributed by atoms with Gasteiger partial charge in [0.2, 0.25) is 0 Å². The van der Waals surface area contributed by atoms with E-state index in [1.54, 1.807) is 0 Å². The van der Waals surface area contributed by atoms with E-state index in [0.29, 0.717) is 0 Å². The molecule has 0 fully saturated rings. The standard InChI is InChI=1S/4BO3.2H3N/c4*2-1(3)4;;/h;;;;2*1H3/q4*-3;;/p+2. The fraction of sp³-hybridized carbons (Fsp3) is 0. The lowest BCUT2D eigenvalue weighted by Crippen LogP contribution is -2.56. The maximum Gasteiger partial charge on any atom is -0.278 e. The molecule has 0 saturated heterocycles. The minimum Gasteiger partial charge on any atom is -0.907 e. The van der Waals surface area contributed by atoms with Crippen LogP contribution in [0, 0.1) is 0 Å². The van der Waals surface area contributed by atoms with E-state index < -0.39 is 29.3 Å². The van der Waals surface area contributed by atoms with Crippen LogP contribution in [0.25, 0.3) is 0 Å². The van der Waals surface area contributed by atoms with E-state index in [2.05, 4.69) is 0 Å². The summed E-state index contributed by atoms with van der Waals surface area (Å²) in [7, 11) is -11.7. The van der Waals surface area contributed by atoms with Crippen molar-refractivity contribution < 1.29 is 60.3 Å². The highest BCUT2D eigenvalue weighted by Crippen LogP contribution is 1.00. The number of hydrogen-bond acceptors (Lipinski definition) is 12. The minimum atomic E-state index is -2.92. The lowest BCUT2D eigenvalue weighted by atomic mass is 10.3. The molecule has 0 aliphatic heterocycles. The highest BCUT2D eigenvalue weighted by Gasteiger charge is 1.18. The molecule has 0 atom stereocenters. The molecule has 0 aromatic heterocycles. The van der Waals surface area contributed by atoms with Gasteiger partial charge in [-0.1, -0.05) is 0 Å². The summed E-state index contributed by atoms with van der Waals surface area (Å²) in [6, 6.07) is 0. The average Bonchev–Trinajstić information content (AvgIpc) is 1.76. The van der Waals surface area contributed by atoms with Gasteiger partial charge in [0.25, 0.3) is 0 Å². The molecule has 14 nitrogen and oxygen atoms in total. The SMILES string of the molecule is [NH4+].[NH4+].[O-]B([O-])[O-].[O-]B([O-])[O-].[O-]B([O-])[O-].[O-]B([O-])[O-]. The van der Waals surface area contributed by atoms with Crippen LogP contribution < -0.4 is 72.6 Å². The van der Waals surface area contributed by atoms with E-state index in [1.807, 2.05) is 0 Å². The van der Waals surface area contributed by atoms with Crippen LogP contribution in [-0.4, -0.2) is 29.3 Å². The van der Waals surface area contributed by atoms with Gasteiger partial charge in [0, 0.05) is 0 Å². The smallest absolute Gasteiger partial charge is 0.278 e. The molecule has 0 spiro atoms. The zero-order valence-electron chi connectivity index (χ0n) is 9.21. The molecule has 0 radical (unpaired) electrons. The molecule has 0 saturated carbocycles. The first-order valence-electron chi connectivity index (χ1n) is 2.83. The number of hydrogen-bond donors (Lipinski definition) is 2. The van der Waals surface area contributed by atoms with E-state index in [-0.39, 0.29) is 12.3 Å². The Morgan fingerprint density at radius 3 is 0.278 bits per heavy atom. The molecule has 0 heterocycles. The van der Waals surface area contributed by atoms with Gasteiger partial charge in [-0.05, 0) is 0 Å². The lowest BCUT2D eigenvalue weighted by Gasteiger charge is -2.35. The summed E-state index contributed by atoms with van der Waals surface area (Å²) < 4.78 is 0. The molecule has 0 aliphatic carbocycles. The Labute approximate surface area is 103 Å². The molecular weight excluding hydrogens is 263 g/mol. The topological polar surface area (TPSA) is 350 Å². The predicted molar refractivity (Wildman–Crippen MR) is 35.0 cm³/mol. The van der Waals surface area contributed by atoms with Crippen molar-refractivity contribution in [3.05, 3.63) is 0 Å². The van der Waals surface area contributed by atoms with E-state index in [0.717, 1.165) is 0 Å². The Hall–Kier alpha value is -0.300. The Morgan fingerprint density at radius 1 is 0.278 bits per heavy atom. The van der Waals surface area contributed by atoms with Gasteiger partial charge < -0.3 is 72.6 Å². The van der Waals surface area contributed by atoms with E-state index in [4.69, 9.17) is 60.3 Å². The van der Waals surface area contributed by atoms with Crippen LogP contribution in [0.2, 0.25) is 0 Å². The number of quaternary nitrogens is 2. The summed E-state index contributed by atoms with van der Waals surface area (Å²) in [5.41, 5.74) is 0. The summed E-state index contributed by atoms with van der Waals surface area (Å²) in [5, 5.41) is 101. The average molecular weight is 271 g/mol. The zero-order chi connectivity index (χ0) is 14.3. The van der Waals surface area contributed by atoms with Gasteiger partial charge in [-0.15, -0.1) is 0 Å². The molecule has 18 heteroatoms. The van der Waals surface area contributed by atoms with Crippen molar-refractivity contribution in [1.29, 1.82) is 0 Å². The second-order valence-corrected chi connectivity index (χ2v) is 1.15. The largest absolute Gasteiger partial charge is 0.907 e. The van der Waals surface area contributed by atoms with Gasteiger partial charge in [0.1, 0.15) is 0 Å². The quantitative estimate of drug-likeness (QED) is 0.387. The molecule has 18 heavy (non-hydrogen) atoms. The highest BCUT2D eigenvalue weighted by molar-refractivity contribution is 6.24. The van der Waals surface area contributed by atoms with Crippen LogP contribution in [0.3, 0.4) is 0 Å². The third-order valence-corrected chi connectivity index (χ3v) is 0. The summed E-state index contributed by atoms with van der Waals surface area (Å²) in [6.07, 6.45) is 0. The molecule has 0 unspecified atom stereocenters. The van der Waals surface area contributed by atoms with E-state index in [9.17, 15) is 0 Å². The molecular formula is H8B4N2O12-10. The van der Waals surface area contributed by atoms with Crippen LogP contribution >= 0.6 is 0 Å². The number of rotatable bonds is 0. The van der Waals surface area contributed by atoms with Crippen molar-refractivity contribution in [3.8, 4) is 0 Å². The second kappa shape index (κ2) is 30.1. The van der Waals surface area contributed by atoms with Crippen LogP contribution in [0.4, 0.5) is 0 Å². The van der Waals surface area contributed by atoms with Crippen molar-refractivity contribution in [2.75, 3.05) is 0 Å². The predicted octanol–water partition coefficient (Wildman–Crippen LogP) is -15.0. The van der Waals surface area contributed by atoms with Crippen LogP contribution in [-0.2, 0) is 0 Å². The molecule has 0 aliphatic rings. The summed E-state index contributed by atoms with van der Waals surface area (Å²) in [6.45, 7) is 0. The Bertz CT molecular complexity index is 65.1. The van der Waals surface area contributed by atoms with Crippen LogP contribution in [0.5, 0.6) is 0 Å². The normalized spacial score (nSPS) is 6.00. The van der Waals surface area contributed by atoms with Gasteiger partial charge in [0.15, 0.2) is 0 Å². The summed E-state index contributed by atoms with van der Waals surface area (Å²) in [5.74, 6) is 0. The third kappa shape index (κ3) is 37600. The van der Waals surface area contributed by atoms with Gasteiger partial charge in [-0.3, -0.25) is 29.3 Å². The first-order valence-corrected chi connectivity index (χ1v) is 2.83. The first kappa shape index (κ1) is 36.1. The Kier molecular flexibility index (Phi) is 60.2. The van der Waals surface area contributed by atoms with Crippen molar-refractivity contribution in [2.24, 2.45) is 0 Å². The van der Waals surface area contributed by atoms with E-state index in [1.165, 1.54) is 0 Å². The zero-order valence-corrected chi connectivity index (χ0v) is 9.21. The molecule has 0 aromatic carbocycles. The third-order valence-electron chi connectivity index (χ3n) is 0. The van der Waals surface area contributed by atoms with Crippen molar-refractivity contribution >= 4 is 29.3 Å². The maximum absolute atomic E-state index is 8.42. The van der Waals surface area contributed by atoms with Gasteiger partial charge in [-0.25, -0.2) is 0 Å². The van der Waals surface area contributed by atoms with Crippen molar-refractivity contribution in [3.63, 3.8) is 0 Å². The van der Waals surface area contributed by atoms with Crippen LogP contribution in [0.1, 0.15) is 0 Å². The van der Waals surface area contributed by atoms with Gasteiger partial charge >= 0.3 is 0 Å². The minimum absolute atomic E-state index is 0. The van der Waals surface area contributed by atoms with Crippen LogP contribution in [0.15, 0.2) is 0 Å². The summed E-state index contributed by atoms with van der Waals surface area (Å²) >= 11 is 0. The highest BCUT2D eigenvalue weighted by atomic mass is 16.5. The Morgan fingerprint density at radius 2 is 0.278 bits per heavy atom. The fourth-order valence-electron chi connectivity index (χ4n) is 0. The van der Waals surface area contributed by atoms with Crippen molar-refractivity contribution in [2.45, 2.75) is 0 Å².